The van der Waals surface area contributed by atoms with E-state index in [0.29, 0.717) is 21.6 Å². The fraction of sp³-hybridized carbons (Fsp3) is 0.190. The smallest absolute Gasteiger partial charge is 0.191 e. The van der Waals surface area contributed by atoms with Gasteiger partial charge in [-0.25, -0.2) is 13.9 Å². The average Bonchev–Trinajstić information content (AvgIpc) is 3.36. The van der Waals surface area contributed by atoms with Crippen LogP contribution in [0.25, 0.3) is 16.8 Å². The Kier molecular flexibility index (Phi) is 4.37. The molecule has 5 nitrogen and oxygen atoms in total. The van der Waals surface area contributed by atoms with Crippen molar-refractivity contribution in [1.29, 1.82) is 5.26 Å². The van der Waals surface area contributed by atoms with E-state index in [4.69, 9.17) is 10.1 Å². The third-order valence-electron chi connectivity index (χ3n) is 5.02. The van der Waals surface area contributed by atoms with Crippen LogP contribution in [0.3, 0.4) is 0 Å². The molecule has 1 saturated carbocycles. The van der Waals surface area contributed by atoms with Crippen molar-refractivity contribution in [2.45, 2.75) is 18.8 Å². The molecule has 0 amide bonds. The number of benzene rings is 1. The van der Waals surface area contributed by atoms with Crippen molar-refractivity contribution >= 4 is 43.6 Å². The molecule has 0 radical (unpaired) electrons. The summed E-state index contributed by atoms with van der Waals surface area (Å²) in [7, 11) is 1.96. The number of hydrogen-bond acceptors (Lipinski definition) is 5. The fourth-order valence-electron chi connectivity index (χ4n) is 3.43. The van der Waals surface area contributed by atoms with Gasteiger partial charge < -0.3 is 4.90 Å². The van der Waals surface area contributed by atoms with Crippen molar-refractivity contribution in [2.24, 2.45) is 0 Å². The maximum Gasteiger partial charge on any atom is 0.191 e. The Morgan fingerprint density at radius 2 is 2.03 bits per heavy atom. The minimum Gasteiger partial charge on any atom is -0.317 e. The molecule has 1 aliphatic rings. The van der Waals surface area contributed by atoms with Gasteiger partial charge in [0, 0.05) is 29.2 Å². The quantitative estimate of drug-likeness (QED) is 0.376. The molecule has 0 atom stereocenters. The van der Waals surface area contributed by atoms with Crippen LogP contribution in [0.4, 0.5) is 15.2 Å². The molecule has 144 valence electrons. The lowest BCUT2D eigenvalue weighted by atomic mass is 10.1. The van der Waals surface area contributed by atoms with E-state index < -0.39 is 0 Å². The lowest BCUT2D eigenvalue weighted by molar-refractivity contribution is 0.628. The highest BCUT2D eigenvalue weighted by molar-refractivity contribution is 9.10. The monoisotopic (exact) mass is 467 g/mol. The zero-order valence-corrected chi connectivity index (χ0v) is 17.8. The molecule has 29 heavy (non-hydrogen) atoms. The molecule has 0 unspecified atom stereocenters. The van der Waals surface area contributed by atoms with Crippen LogP contribution in [0, 0.1) is 17.1 Å². The van der Waals surface area contributed by atoms with E-state index in [-0.39, 0.29) is 5.82 Å². The molecule has 0 spiro atoms. The van der Waals surface area contributed by atoms with Gasteiger partial charge in [0.25, 0.3) is 0 Å². The number of halogens is 2. The van der Waals surface area contributed by atoms with Gasteiger partial charge in [-0.2, -0.15) is 10.4 Å². The summed E-state index contributed by atoms with van der Waals surface area (Å²) >= 11 is 4.88. The molecular formula is C21H15BrFN5S. The minimum atomic E-state index is -0.314. The first kappa shape index (κ1) is 18.3. The molecule has 0 N–H and O–H groups in total. The zero-order valence-electron chi connectivity index (χ0n) is 15.4. The van der Waals surface area contributed by atoms with Crippen molar-refractivity contribution < 1.29 is 4.39 Å². The normalized spacial score (nSPS) is 13.6. The zero-order chi connectivity index (χ0) is 20.1. The Morgan fingerprint density at radius 3 is 2.72 bits per heavy atom. The summed E-state index contributed by atoms with van der Waals surface area (Å²) in [5, 5.41) is 15.1. The lowest BCUT2D eigenvalue weighted by Crippen LogP contribution is -2.10. The number of fused-ring (bicyclic) bond motifs is 1. The number of nitriles is 1. The highest BCUT2D eigenvalue weighted by Crippen LogP contribution is 2.47. The average molecular weight is 468 g/mol. The molecule has 8 heteroatoms. The Hall–Kier alpha value is -2.76. The Balaban J connectivity index is 1.64. The highest BCUT2D eigenvalue weighted by Gasteiger charge is 2.33. The standard InChI is InChI=1S/C21H15BrFN5S/c1-27(20-16-10-14(22)8-9-28(16)26-19(20)13-2-3-13)21-25-18(17(11-24)29-21)12-4-6-15(23)7-5-12/h4-10,13H,2-3H2,1H3. The molecule has 1 fully saturated rings. The number of nitrogens with zero attached hydrogens (tertiary/aromatic N) is 5. The maximum atomic E-state index is 13.3. The first-order valence-corrected chi connectivity index (χ1v) is 10.7. The molecule has 3 aromatic heterocycles. The summed E-state index contributed by atoms with van der Waals surface area (Å²) in [6.45, 7) is 0. The van der Waals surface area contributed by atoms with Gasteiger partial charge in [0.05, 0.1) is 16.9 Å². The van der Waals surface area contributed by atoms with Gasteiger partial charge in [-0.3, -0.25) is 0 Å². The van der Waals surface area contributed by atoms with Crippen molar-refractivity contribution in [1.82, 2.24) is 14.6 Å². The third kappa shape index (κ3) is 3.20. The first-order chi connectivity index (χ1) is 14.0. The van der Waals surface area contributed by atoms with Gasteiger partial charge in [0.1, 0.15) is 22.5 Å². The topological polar surface area (TPSA) is 57.2 Å². The van der Waals surface area contributed by atoms with E-state index in [1.54, 1.807) is 12.1 Å². The number of anilines is 2. The van der Waals surface area contributed by atoms with Crippen molar-refractivity contribution in [3.63, 3.8) is 0 Å². The molecule has 0 aliphatic heterocycles. The Morgan fingerprint density at radius 1 is 1.28 bits per heavy atom. The molecule has 0 bridgehead atoms. The van der Waals surface area contributed by atoms with E-state index in [1.165, 1.54) is 23.5 Å². The summed E-state index contributed by atoms with van der Waals surface area (Å²) in [4.78, 5) is 7.26. The Labute approximate surface area is 179 Å². The van der Waals surface area contributed by atoms with Gasteiger partial charge in [-0.1, -0.05) is 27.3 Å². The van der Waals surface area contributed by atoms with Crippen molar-refractivity contribution in [3.05, 3.63) is 63.5 Å². The number of pyridine rings is 1. The predicted molar refractivity (Wildman–Crippen MR) is 115 cm³/mol. The maximum absolute atomic E-state index is 13.3. The molecular weight excluding hydrogens is 453 g/mol. The summed E-state index contributed by atoms with van der Waals surface area (Å²) in [6, 6.07) is 12.3. The van der Waals surface area contributed by atoms with E-state index >= 15 is 0 Å². The van der Waals surface area contributed by atoms with E-state index in [2.05, 4.69) is 22.0 Å². The van der Waals surface area contributed by atoms with Gasteiger partial charge in [-0.05, 0) is 49.2 Å². The van der Waals surface area contributed by atoms with Gasteiger partial charge in [-0.15, -0.1) is 0 Å². The predicted octanol–water partition coefficient (Wildman–Crippen LogP) is 5.88. The fourth-order valence-corrected chi connectivity index (χ4v) is 4.62. The molecule has 0 saturated heterocycles. The number of rotatable bonds is 4. The van der Waals surface area contributed by atoms with E-state index in [9.17, 15) is 9.65 Å². The van der Waals surface area contributed by atoms with Crippen molar-refractivity contribution in [3.8, 4) is 17.3 Å². The lowest BCUT2D eigenvalue weighted by Gasteiger charge is -2.16. The highest BCUT2D eigenvalue weighted by atomic mass is 79.9. The van der Waals surface area contributed by atoms with Gasteiger partial charge >= 0.3 is 0 Å². The largest absolute Gasteiger partial charge is 0.317 e. The van der Waals surface area contributed by atoms with Crippen LogP contribution in [0.15, 0.2) is 47.1 Å². The molecule has 4 aromatic rings. The van der Waals surface area contributed by atoms with Crippen molar-refractivity contribution in [2.75, 3.05) is 11.9 Å². The van der Waals surface area contributed by atoms with Gasteiger partial charge in [0.2, 0.25) is 0 Å². The molecule has 1 aromatic carbocycles. The summed E-state index contributed by atoms with van der Waals surface area (Å²) in [5.41, 5.74) is 4.36. The van der Waals surface area contributed by atoms with Crippen LogP contribution in [0.1, 0.15) is 29.3 Å². The number of thiazole rings is 1. The molecule has 5 rings (SSSR count). The minimum absolute atomic E-state index is 0.314. The van der Waals surface area contributed by atoms with E-state index in [1.807, 2.05) is 34.8 Å². The van der Waals surface area contributed by atoms with Crippen LogP contribution in [0.2, 0.25) is 0 Å². The van der Waals surface area contributed by atoms with Gasteiger partial charge in [0.15, 0.2) is 5.13 Å². The second kappa shape index (κ2) is 6.94. The molecule has 1 aliphatic carbocycles. The second-order valence-electron chi connectivity index (χ2n) is 7.03. The number of hydrogen-bond donors (Lipinski definition) is 0. The summed E-state index contributed by atoms with van der Waals surface area (Å²) < 4.78 is 16.2. The Bertz CT molecular complexity index is 1270. The first-order valence-electron chi connectivity index (χ1n) is 9.13. The SMILES string of the molecule is CN(c1nc(-c2ccc(F)cc2)c(C#N)s1)c1c(C2CC2)nn2ccc(Br)cc12. The van der Waals surface area contributed by atoms with Crippen LogP contribution < -0.4 is 4.90 Å². The van der Waals surface area contributed by atoms with E-state index in [0.717, 1.165) is 39.8 Å². The summed E-state index contributed by atoms with van der Waals surface area (Å²) in [6.07, 6.45) is 4.21. The van der Waals surface area contributed by atoms with Crippen LogP contribution in [0.5, 0.6) is 0 Å². The van der Waals surface area contributed by atoms with Crippen LogP contribution in [-0.2, 0) is 0 Å². The van der Waals surface area contributed by atoms with Crippen LogP contribution >= 0.6 is 27.3 Å². The van der Waals surface area contributed by atoms with Crippen LogP contribution in [-0.4, -0.2) is 21.6 Å². The number of aromatic nitrogens is 3. The third-order valence-corrected chi connectivity index (χ3v) is 6.55. The summed E-state index contributed by atoms with van der Waals surface area (Å²) in [5.74, 6) is 0.143. The molecule has 3 heterocycles. The second-order valence-corrected chi connectivity index (χ2v) is 8.93.